The predicted molar refractivity (Wildman–Crippen MR) is 148 cm³/mol. The van der Waals surface area contributed by atoms with Gasteiger partial charge in [-0.2, -0.15) is 0 Å². The lowest BCUT2D eigenvalue weighted by Gasteiger charge is -2.17. The number of fused-ring (bicyclic) bond motifs is 3. The zero-order chi connectivity index (χ0) is 22.9. The Labute approximate surface area is 202 Å². The second kappa shape index (κ2) is 6.91. The number of nitrogens with zero attached hydrogens (tertiary/aromatic N) is 2. The maximum absolute atomic E-state index is 4.37. The first kappa shape index (κ1) is 18.7. The van der Waals surface area contributed by atoms with Gasteiger partial charge in [-0.05, 0) is 56.8 Å². The van der Waals surface area contributed by atoms with Gasteiger partial charge in [-0.3, -0.25) is 4.98 Å². The lowest BCUT2D eigenvalue weighted by Crippen LogP contribution is -1.96. The van der Waals surface area contributed by atoms with Gasteiger partial charge in [-0.1, -0.05) is 84.9 Å². The molecule has 0 radical (unpaired) electrons. The van der Waals surface area contributed by atoms with E-state index >= 15 is 0 Å². The zero-order valence-corrected chi connectivity index (χ0v) is 18.9. The monoisotopic (exact) mass is 444 g/mol. The summed E-state index contributed by atoms with van der Waals surface area (Å²) < 4.78 is 2.43. The number of para-hydroxylation sites is 2. The van der Waals surface area contributed by atoms with E-state index in [0.29, 0.717) is 0 Å². The minimum atomic E-state index is 1.15. The second-order valence-corrected chi connectivity index (χ2v) is 9.23. The molecule has 0 fully saturated rings. The highest BCUT2D eigenvalue weighted by Crippen LogP contribution is 2.42. The largest absolute Gasteiger partial charge is 0.309 e. The Kier molecular flexibility index (Phi) is 3.69. The average Bonchev–Trinajstić information content (AvgIpc) is 3.26. The topological polar surface area (TPSA) is 17.8 Å². The Balaban J connectivity index is 1.54. The van der Waals surface area contributed by atoms with Gasteiger partial charge < -0.3 is 4.57 Å². The minimum Gasteiger partial charge on any atom is -0.309 e. The third kappa shape index (κ3) is 2.51. The van der Waals surface area contributed by atoms with Crippen molar-refractivity contribution in [3.05, 3.63) is 122 Å². The predicted octanol–water partition coefficient (Wildman–Crippen LogP) is 8.74. The van der Waals surface area contributed by atoms with Gasteiger partial charge in [0.1, 0.15) is 0 Å². The van der Waals surface area contributed by atoms with Crippen LogP contribution in [0.4, 0.5) is 0 Å². The van der Waals surface area contributed by atoms with Crippen molar-refractivity contribution in [2.45, 2.75) is 0 Å². The molecule has 0 spiro atoms. The molecule has 0 N–H and O–H groups in total. The maximum Gasteiger partial charge on any atom is 0.0541 e. The molecule has 8 rings (SSSR count). The molecule has 8 aromatic rings. The molecule has 0 atom stereocenters. The number of aromatic nitrogens is 2. The summed E-state index contributed by atoms with van der Waals surface area (Å²) in [5.41, 5.74) is 6.06. The molecule has 0 aliphatic rings. The number of pyridine rings is 1. The minimum absolute atomic E-state index is 1.15. The summed E-state index contributed by atoms with van der Waals surface area (Å²) in [6.45, 7) is 0. The van der Waals surface area contributed by atoms with Crippen molar-refractivity contribution in [1.29, 1.82) is 0 Å². The number of rotatable bonds is 2. The molecule has 2 nitrogen and oxygen atoms in total. The van der Waals surface area contributed by atoms with Crippen LogP contribution < -0.4 is 0 Å². The molecule has 2 aromatic heterocycles. The summed E-state index contributed by atoms with van der Waals surface area (Å²) in [4.78, 5) is 4.37. The van der Waals surface area contributed by atoms with Crippen LogP contribution in [-0.2, 0) is 0 Å². The van der Waals surface area contributed by atoms with Crippen LogP contribution in [0.1, 0.15) is 0 Å². The third-order valence-corrected chi connectivity index (χ3v) is 7.44. The molecule has 0 bridgehead atoms. The lowest BCUT2D eigenvalue weighted by atomic mass is 9.89. The van der Waals surface area contributed by atoms with Gasteiger partial charge >= 0.3 is 0 Å². The van der Waals surface area contributed by atoms with Crippen LogP contribution in [0.15, 0.2) is 122 Å². The maximum atomic E-state index is 4.37. The molecule has 35 heavy (non-hydrogen) atoms. The standard InChI is InChI=1S/C33H20N2/c1-3-9-29-25(7-1)26-8-2-4-10-30(26)35(29)31-18-14-22-12-16-27-24(23-6-5-19-34-20-23)15-11-21-13-17-28(31)33(22)32(21)27/h1-20H. The highest BCUT2D eigenvalue weighted by atomic mass is 15.0. The normalized spacial score (nSPS) is 12.0. The van der Waals surface area contributed by atoms with Crippen molar-refractivity contribution in [3.8, 4) is 16.8 Å². The van der Waals surface area contributed by atoms with Crippen molar-refractivity contribution in [2.24, 2.45) is 0 Å². The molecule has 0 saturated carbocycles. The number of hydrogen-bond donors (Lipinski definition) is 0. The summed E-state index contributed by atoms with van der Waals surface area (Å²) in [6.07, 6.45) is 3.78. The van der Waals surface area contributed by atoms with Gasteiger partial charge in [0.05, 0.1) is 16.7 Å². The van der Waals surface area contributed by atoms with Crippen LogP contribution in [0.3, 0.4) is 0 Å². The molecule has 0 saturated heterocycles. The van der Waals surface area contributed by atoms with E-state index in [-0.39, 0.29) is 0 Å². The van der Waals surface area contributed by atoms with E-state index in [9.17, 15) is 0 Å². The summed E-state index contributed by atoms with van der Waals surface area (Å²) in [7, 11) is 0. The van der Waals surface area contributed by atoms with E-state index in [1.807, 2.05) is 18.5 Å². The molecule has 0 aliphatic carbocycles. The molecular formula is C33H20N2. The highest BCUT2D eigenvalue weighted by molar-refractivity contribution is 6.27. The summed E-state index contributed by atoms with van der Waals surface area (Å²) >= 11 is 0. The van der Waals surface area contributed by atoms with Crippen LogP contribution in [0.5, 0.6) is 0 Å². The summed E-state index contributed by atoms with van der Waals surface area (Å²) in [5, 5.41) is 10.3. The van der Waals surface area contributed by atoms with Crippen LogP contribution in [0, 0.1) is 0 Å². The fourth-order valence-electron chi connectivity index (χ4n) is 5.94. The van der Waals surface area contributed by atoms with Gasteiger partial charge in [0.25, 0.3) is 0 Å². The average molecular weight is 445 g/mol. The zero-order valence-electron chi connectivity index (χ0n) is 18.9. The van der Waals surface area contributed by atoms with Gasteiger partial charge in [-0.25, -0.2) is 0 Å². The fourth-order valence-corrected chi connectivity index (χ4v) is 5.94. The molecule has 2 heteroatoms. The van der Waals surface area contributed by atoms with Gasteiger partial charge in [-0.15, -0.1) is 0 Å². The van der Waals surface area contributed by atoms with Gasteiger partial charge in [0.15, 0.2) is 0 Å². The SMILES string of the molecule is c1cncc(-c2ccc3ccc4c(-n5c6ccccc6c6ccccc65)ccc5ccc2c3c54)c1. The van der Waals surface area contributed by atoms with Crippen LogP contribution in [-0.4, -0.2) is 9.55 Å². The van der Waals surface area contributed by atoms with E-state index in [4.69, 9.17) is 0 Å². The number of benzene rings is 6. The molecule has 0 amide bonds. The highest BCUT2D eigenvalue weighted by Gasteiger charge is 2.17. The summed E-state index contributed by atoms with van der Waals surface area (Å²) in [5.74, 6) is 0. The second-order valence-electron chi connectivity index (χ2n) is 9.23. The molecule has 2 heterocycles. The van der Waals surface area contributed by atoms with Crippen molar-refractivity contribution in [3.63, 3.8) is 0 Å². The molecular weight excluding hydrogens is 424 g/mol. The Morgan fingerprint density at radius 1 is 0.486 bits per heavy atom. The van der Waals surface area contributed by atoms with E-state index in [0.717, 1.165) is 5.56 Å². The molecule has 6 aromatic carbocycles. The van der Waals surface area contributed by atoms with Crippen LogP contribution in [0.25, 0.3) is 70.9 Å². The third-order valence-electron chi connectivity index (χ3n) is 7.44. The molecule has 162 valence electrons. The van der Waals surface area contributed by atoms with E-state index in [1.54, 1.807) is 0 Å². The Hall–Kier alpha value is -4.69. The Bertz CT molecular complexity index is 1990. The van der Waals surface area contributed by atoms with E-state index in [1.165, 1.54) is 65.4 Å². The fraction of sp³-hybridized carbons (Fsp3) is 0. The van der Waals surface area contributed by atoms with Gasteiger partial charge in [0, 0.05) is 34.1 Å². The van der Waals surface area contributed by atoms with Crippen LogP contribution >= 0.6 is 0 Å². The number of hydrogen-bond acceptors (Lipinski definition) is 1. The first-order valence-electron chi connectivity index (χ1n) is 12.0. The Morgan fingerprint density at radius 3 is 1.83 bits per heavy atom. The van der Waals surface area contributed by atoms with Crippen molar-refractivity contribution in [2.75, 3.05) is 0 Å². The Morgan fingerprint density at radius 2 is 1.11 bits per heavy atom. The van der Waals surface area contributed by atoms with Crippen molar-refractivity contribution in [1.82, 2.24) is 9.55 Å². The molecule has 0 unspecified atom stereocenters. The lowest BCUT2D eigenvalue weighted by molar-refractivity contribution is 1.20. The summed E-state index contributed by atoms with van der Waals surface area (Å²) in [6, 6.07) is 39.7. The molecule has 0 aliphatic heterocycles. The van der Waals surface area contributed by atoms with Gasteiger partial charge in [0.2, 0.25) is 0 Å². The smallest absolute Gasteiger partial charge is 0.0541 e. The van der Waals surface area contributed by atoms with E-state index < -0.39 is 0 Å². The van der Waals surface area contributed by atoms with Crippen molar-refractivity contribution < 1.29 is 0 Å². The first-order chi connectivity index (χ1) is 17.4. The van der Waals surface area contributed by atoms with E-state index in [2.05, 4.69) is 113 Å². The first-order valence-corrected chi connectivity index (χ1v) is 12.0. The van der Waals surface area contributed by atoms with Crippen LogP contribution in [0.2, 0.25) is 0 Å². The van der Waals surface area contributed by atoms with Crippen molar-refractivity contribution >= 4 is 54.1 Å². The quantitative estimate of drug-likeness (QED) is 0.244.